The van der Waals surface area contributed by atoms with E-state index in [1.54, 1.807) is 7.11 Å². The first kappa shape index (κ1) is 25.1. The van der Waals surface area contributed by atoms with Crippen LogP contribution >= 0.6 is 0 Å². The molecule has 2 unspecified atom stereocenters. The van der Waals surface area contributed by atoms with E-state index < -0.39 is 12.2 Å². The van der Waals surface area contributed by atoms with Crippen LogP contribution in [-0.4, -0.2) is 69.0 Å². The largest absolute Gasteiger partial charge is 0.491 e. The van der Waals surface area contributed by atoms with Gasteiger partial charge in [0.05, 0.1) is 6.61 Å². The second-order valence-electron chi connectivity index (χ2n) is 8.05. The summed E-state index contributed by atoms with van der Waals surface area (Å²) in [5, 5.41) is 22.7. The third-order valence-corrected chi connectivity index (χ3v) is 5.10. The summed E-state index contributed by atoms with van der Waals surface area (Å²) in [7, 11) is 1.55. The Labute approximate surface area is 185 Å². The average molecular weight is 433 g/mol. The molecule has 2 atom stereocenters. The van der Waals surface area contributed by atoms with Crippen molar-refractivity contribution in [2.24, 2.45) is 5.73 Å². The molecule has 0 spiro atoms. The quantitative estimate of drug-likeness (QED) is 0.337. The molecule has 5 N–H and O–H groups in total. The molecule has 0 aromatic heterocycles. The van der Waals surface area contributed by atoms with E-state index >= 15 is 0 Å². The van der Waals surface area contributed by atoms with E-state index in [0.717, 1.165) is 16.9 Å². The van der Waals surface area contributed by atoms with Gasteiger partial charge in [0.1, 0.15) is 36.9 Å². The summed E-state index contributed by atoms with van der Waals surface area (Å²) >= 11 is 0. The summed E-state index contributed by atoms with van der Waals surface area (Å²) in [4.78, 5) is 0. The lowest BCUT2D eigenvalue weighted by atomic mass is 9.78. The highest BCUT2D eigenvalue weighted by molar-refractivity contribution is 5.41. The summed E-state index contributed by atoms with van der Waals surface area (Å²) in [6.45, 7) is 6.64. The molecular formula is C24H36N2O5. The number of ether oxygens (including phenoxy) is 3. The molecule has 0 radical (unpaired) electrons. The summed E-state index contributed by atoms with van der Waals surface area (Å²) in [6.07, 6.45) is -1.23. The van der Waals surface area contributed by atoms with Crippen molar-refractivity contribution in [2.75, 3.05) is 46.6 Å². The van der Waals surface area contributed by atoms with Gasteiger partial charge in [0.2, 0.25) is 0 Å². The van der Waals surface area contributed by atoms with Gasteiger partial charge in [0.25, 0.3) is 0 Å². The van der Waals surface area contributed by atoms with Crippen LogP contribution in [0.1, 0.15) is 25.0 Å². The van der Waals surface area contributed by atoms with E-state index in [2.05, 4.69) is 19.2 Å². The first-order valence-electron chi connectivity index (χ1n) is 10.6. The highest BCUT2D eigenvalue weighted by atomic mass is 16.5. The van der Waals surface area contributed by atoms with Crippen LogP contribution in [0.4, 0.5) is 0 Å². The third-order valence-electron chi connectivity index (χ3n) is 5.10. The van der Waals surface area contributed by atoms with Gasteiger partial charge < -0.3 is 35.5 Å². The molecule has 0 aliphatic carbocycles. The molecule has 0 amide bonds. The highest BCUT2D eigenvalue weighted by Gasteiger charge is 2.23. The van der Waals surface area contributed by atoms with E-state index in [-0.39, 0.29) is 25.2 Å². The zero-order valence-corrected chi connectivity index (χ0v) is 18.7. The average Bonchev–Trinajstić information content (AvgIpc) is 2.77. The van der Waals surface area contributed by atoms with E-state index in [9.17, 15) is 10.2 Å². The van der Waals surface area contributed by atoms with Gasteiger partial charge in [-0.2, -0.15) is 0 Å². The second kappa shape index (κ2) is 12.6. The minimum Gasteiger partial charge on any atom is -0.491 e. The van der Waals surface area contributed by atoms with Crippen LogP contribution in [0.3, 0.4) is 0 Å². The third kappa shape index (κ3) is 8.12. The topological polar surface area (TPSA) is 106 Å². The van der Waals surface area contributed by atoms with E-state index in [4.69, 9.17) is 19.9 Å². The first-order chi connectivity index (χ1) is 14.9. The summed E-state index contributed by atoms with van der Waals surface area (Å²) in [5.74, 6) is 1.42. The number of hydrogen-bond acceptors (Lipinski definition) is 7. The molecule has 0 bridgehead atoms. The lowest BCUT2D eigenvalue weighted by molar-refractivity contribution is 0.0325. The second-order valence-corrected chi connectivity index (χ2v) is 8.05. The first-order valence-corrected chi connectivity index (χ1v) is 10.6. The molecule has 7 nitrogen and oxygen atoms in total. The normalized spacial score (nSPS) is 13.6. The van der Waals surface area contributed by atoms with Gasteiger partial charge in [-0.1, -0.05) is 38.1 Å². The van der Waals surface area contributed by atoms with Crippen molar-refractivity contribution >= 4 is 0 Å². The monoisotopic (exact) mass is 432 g/mol. The lowest BCUT2D eigenvalue weighted by Gasteiger charge is -2.26. The van der Waals surface area contributed by atoms with Gasteiger partial charge in [-0.15, -0.1) is 0 Å². The van der Waals surface area contributed by atoms with Crippen molar-refractivity contribution in [1.29, 1.82) is 0 Å². The number of nitrogens with one attached hydrogen (secondary N) is 1. The van der Waals surface area contributed by atoms with Crippen LogP contribution in [0.5, 0.6) is 11.5 Å². The van der Waals surface area contributed by atoms with Crippen LogP contribution in [0, 0.1) is 0 Å². The molecule has 2 rings (SSSR count). The van der Waals surface area contributed by atoms with Crippen LogP contribution < -0.4 is 20.5 Å². The standard InChI is InChI=1S/C24H36N2O5/c1-24(2,19-6-10-23(11-7-19)31-17-21(28)15-29-3)18-4-8-22(9-5-18)30-16-20(27)14-26-13-12-25/h4-11,20-21,26-28H,12-17,25H2,1-3H3. The Morgan fingerprint density at radius 3 is 1.77 bits per heavy atom. The van der Waals surface area contributed by atoms with Crippen LogP contribution in [0.15, 0.2) is 48.5 Å². The Bertz CT molecular complexity index is 750. The smallest absolute Gasteiger partial charge is 0.119 e. The van der Waals surface area contributed by atoms with Crippen molar-refractivity contribution in [3.8, 4) is 11.5 Å². The van der Waals surface area contributed by atoms with Gasteiger partial charge in [-0.3, -0.25) is 0 Å². The molecule has 172 valence electrons. The predicted octanol–water partition coefficient (Wildman–Crippen LogP) is 1.69. The molecule has 0 fully saturated rings. The fourth-order valence-corrected chi connectivity index (χ4v) is 3.16. The van der Waals surface area contributed by atoms with Crippen LogP contribution in [-0.2, 0) is 10.2 Å². The molecule has 0 aliphatic heterocycles. The minimum absolute atomic E-state index is 0.190. The summed E-state index contributed by atoms with van der Waals surface area (Å²) < 4.78 is 16.2. The molecule has 7 heteroatoms. The SMILES string of the molecule is COCC(O)COc1ccc(C(C)(C)c2ccc(OCC(O)CNCCN)cc2)cc1. The Morgan fingerprint density at radius 2 is 1.32 bits per heavy atom. The molecule has 0 aliphatic rings. The fourth-order valence-electron chi connectivity index (χ4n) is 3.16. The maximum atomic E-state index is 9.93. The van der Waals surface area contributed by atoms with Crippen LogP contribution in [0.25, 0.3) is 0 Å². The van der Waals surface area contributed by atoms with Crippen molar-refractivity contribution < 1.29 is 24.4 Å². The van der Waals surface area contributed by atoms with Gasteiger partial charge in [0.15, 0.2) is 0 Å². The van der Waals surface area contributed by atoms with Gasteiger partial charge in [0, 0.05) is 32.2 Å². The number of hydrogen-bond donors (Lipinski definition) is 4. The lowest BCUT2D eigenvalue weighted by Crippen LogP contribution is -2.34. The Hall–Kier alpha value is -2.16. The number of benzene rings is 2. The molecular weight excluding hydrogens is 396 g/mol. The minimum atomic E-state index is -0.648. The Balaban J connectivity index is 1.92. The molecule has 0 saturated heterocycles. The maximum Gasteiger partial charge on any atom is 0.119 e. The maximum absolute atomic E-state index is 9.93. The van der Waals surface area contributed by atoms with Crippen molar-refractivity contribution in [1.82, 2.24) is 5.32 Å². The number of methoxy groups -OCH3 is 1. The van der Waals surface area contributed by atoms with Crippen molar-refractivity contribution in [3.05, 3.63) is 59.7 Å². The summed E-state index contributed by atoms with van der Waals surface area (Å²) in [6, 6.07) is 15.8. The zero-order chi connectivity index (χ0) is 22.7. The molecule has 0 saturated carbocycles. The van der Waals surface area contributed by atoms with Crippen LogP contribution in [0.2, 0.25) is 0 Å². The zero-order valence-electron chi connectivity index (χ0n) is 18.7. The van der Waals surface area contributed by atoms with E-state index in [1.807, 2.05) is 48.5 Å². The molecule has 31 heavy (non-hydrogen) atoms. The van der Waals surface area contributed by atoms with Gasteiger partial charge in [-0.05, 0) is 35.4 Å². The molecule has 0 heterocycles. The van der Waals surface area contributed by atoms with Gasteiger partial charge >= 0.3 is 0 Å². The predicted molar refractivity (Wildman–Crippen MR) is 122 cm³/mol. The molecule has 2 aromatic rings. The number of rotatable bonds is 14. The van der Waals surface area contributed by atoms with E-state index in [0.29, 0.717) is 25.4 Å². The Morgan fingerprint density at radius 1 is 0.839 bits per heavy atom. The summed E-state index contributed by atoms with van der Waals surface area (Å²) in [5.41, 5.74) is 7.50. The van der Waals surface area contributed by atoms with Gasteiger partial charge in [-0.25, -0.2) is 0 Å². The van der Waals surface area contributed by atoms with Crippen molar-refractivity contribution in [3.63, 3.8) is 0 Å². The fraction of sp³-hybridized carbons (Fsp3) is 0.500. The van der Waals surface area contributed by atoms with E-state index in [1.165, 1.54) is 0 Å². The number of nitrogens with two attached hydrogens (primary N) is 1. The highest BCUT2D eigenvalue weighted by Crippen LogP contribution is 2.33. The Kier molecular flexibility index (Phi) is 10.2. The number of aliphatic hydroxyl groups excluding tert-OH is 2. The molecule has 2 aromatic carbocycles. The van der Waals surface area contributed by atoms with Crippen molar-refractivity contribution in [2.45, 2.75) is 31.5 Å². The number of aliphatic hydroxyl groups is 2.